The minimum Gasteiger partial charge on any atom is -0.361 e. The van der Waals surface area contributed by atoms with Crippen LogP contribution in [0.25, 0.3) is 11.0 Å². The fourth-order valence-corrected chi connectivity index (χ4v) is 3.71. The number of aryl methyl sites for hydroxylation is 1. The fourth-order valence-electron chi connectivity index (χ4n) is 3.71. The number of likely N-dealkylation sites (N-methyl/N-ethyl adjacent to an activating group) is 1. The van der Waals surface area contributed by atoms with Crippen molar-refractivity contribution in [3.05, 3.63) is 36.1 Å². The maximum absolute atomic E-state index is 12.8. The van der Waals surface area contributed by atoms with Crippen LogP contribution < -0.4 is 4.90 Å². The van der Waals surface area contributed by atoms with Crippen molar-refractivity contribution in [2.45, 2.75) is 26.3 Å². The number of rotatable bonds is 3. The number of anilines is 1. The Morgan fingerprint density at radius 1 is 1.42 bits per heavy atom. The molecular weight excluding hydrogens is 332 g/mol. The van der Waals surface area contributed by atoms with E-state index < -0.39 is 0 Å². The highest BCUT2D eigenvalue weighted by atomic mass is 16.5. The molecule has 0 aliphatic carbocycles. The van der Waals surface area contributed by atoms with E-state index in [-0.39, 0.29) is 11.9 Å². The van der Waals surface area contributed by atoms with E-state index in [0.717, 1.165) is 29.8 Å². The number of hydrogen-bond acceptors (Lipinski definition) is 6. The summed E-state index contributed by atoms with van der Waals surface area (Å²) >= 11 is 0. The molecular formula is C18H22N6O2. The molecule has 4 heterocycles. The van der Waals surface area contributed by atoms with E-state index in [9.17, 15) is 4.79 Å². The largest absolute Gasteiger partial charge is 0.361 e. The Morgan fingerprint density at radius 3 is 3.04 bits per heavy atom. The van der Waals surface area contributed by atoms with Crippen LogP contribution in [0, 0.1) is 12.8 Å². The van der Waals surface area contributed by atoms with Gasteiger partial charge in [0.1, 0.15) is 29.1 Å². The molecule has 1 aliphatic rings. The van der Waals surface area contributed by atoms with Crippen molar-refractivity contribution in [1.82, 2.24) is 25.0 Å². The van der Waals surface area contributed by atoms with Gasteiger partial charge in [0.05, 0.1) is 17.6 Å². The van der Waals surface area contributed by atoms with Gasteiger partial charge in [0, 0.05) is 26.3 Å². The smallest absolute Gasteiger partial charge is 0.259 e. The molecule has 1 amide bonds. The van der Waals surface area contributed by atoms with Crippen LogP contribution in [0.3, 0.4) is 0 Å². The summed E-state index contributed by atoms with van der Waals surface area (Å²) in [5.74, 6) is 1.85. The number of likely N-dealkylation sites (tertiary alicyclic amines) is 1. The topological polar surface area (TPSA) is 91.2 Å². The first-order chi connectivity index (χ1) is 12.6. The van der Waals surface area contributed by atoms with Crippen molar-refractivity contribution >= 4 is 22.8 Å². The fraction of sp³-hybridized carbons (Fsp3) is 0.444. The zero-order valence-corrected chi connectivity index (χ0v) is 15.1. The van der Waals surface area contributed by atoms with Crippen LogP contribution in [0.2, 0.25) is 0 Å². The first-order valence-corrected chi connectivity index (χ1v) is 8.77. The Balaban J connectivity index is 1.60. The number of piperidine rings is 1. The molecule has 1 aliphatic heterocycles. The van der Waals surface area contributed by atoms with E-state index >= 15 is 0 Å². The first-order valence-electron chi connectivity index (χ1n) is 8.77. The molecule has 136 valence electrons. The summed E-state index contributed by atoms with van der Waals surface area (Å²) in [6.07, 6.45) is 5.88. The minimum atomic E-state index is -0.0245. The van der Waals surface area contributed by atoms with Gasteiger partial charge in [0.25, 0.3) is 5.91 Å². The number of aromatic nitrogens is 4. The quantitative estimate of drug-likeness (QED) is 0.776. The predicted molar refractivity (Wildman–Crippen MR) is 97.0 cm³/mol. The Morgan fingerprint density at radius 2 is 2.27 bits per heavy atom. The van der Waals surface area contributed by atoms with E-state index in [1.54, 1.807) is 13.3 Å². The van der Waals surface area contributed by atoms with Crippen LogP contribution in [0.15, 0.2) is 29.3 Å². The van der Waals surface area contributed by atoms with E-state index in [1.165, 1.54) is 6.20 Å². The van der Waals surface area contributed by atoms with Crippen molar-refractivity contribution in [1.29, 1.82) is 0 Å². The van der Waals surface area contributed by atoms with Gasteiger partial charge in [-0.1, -0.05) is 12.1 Å². The third-order valence-corrected chi connectivity index (χ3v) is 5.35. The van der Waals surface area contributed by atoms with Crippen LogP contribution >= 0.6 is 0 Å². The Labute approximate surface area is 151 Å². The normalized spacial score (nSPS) is 20.5. The average molecular weight is 354 g/mol. The summed E-state index contributed by atoms with van der Waals surface area (Å²) in [6, 6.07) is 2.15. The second-order valence-corrected chi connectivity index (χ2v) is 6.93. The molecule has 4 rings (SSSR count). The van der Waals surface area contributed by atoms with Crippen molar-refractivity contribution in [3.63, 3.8) is 0 Å². The van der Waals surface area contributed by atoms with Gasteiger partial charge in [-0.3, -0.25) is 4.79 Å². The molecule has 8 nitrogen and oxygen atoms in total. The Hall–Kier alpha value is -2.90. The zero-order chi connectivity index (χ0) is 18.3. The third kappa shape index (κ3) is 2.71. The first kappa shape index (κ1) is 16.6. The lowest BCUT2D eigenvalue weighted by Gasteiger charge is -2.42. The van der Waals surface area contributed by atoms with Gasteiger partial charge in [-0.05, 0) is 25.3 Å². The number of carbonyl (C=O) groups excluding carboxylic acids is 1. The maximum atomic E-state index is 12.8. The van der Waals surface area contributed by atoms with Crippen LogP contribution in [-0.4, -0.2) is 57.1 Å². The summed E-state index contributed by atoms with van der Waals surface area (Å²) in [5, 5.41) is 4.72. The molecule has 1 saturated heterocycles. The third-order valence-electron chi connectivity index (χ3n) is 5.35. The number of fused-ring (bicyclic) bond motifs is 1. The van der Waals surface area contributed by atoms with E-state index in [4.69, 9.17) is 4.52 Å². The van der Waals surface area contributed by atoms with Gasteiger partial charge >= 0.3 is 0 Å². The number of amides is 1. The molecule has 0 spiro atoms. The van der Waals surface area contributed by atoms with Gasteiger partial charge < -0.3 is 19.3 Å². The minimum absolute atomic E-state index is 0.0245. The van der Waals surface area contributed by atoms with Crippen molar-refractivity contribution in [2.75, 3.05) is 25.0 Å². The molecule has 0 saturated carbocycles. The van der Waals surface area contributed by atoms with Gasteiger partial charge in [0.2, 0.25) is 0 Å². The maximum Gasteiger partial charge on any atom is 0.259 e. The van der Waals surface area contributed by atoms with E-state index in [2.05, 4.69) is 31.9 Å². The molecule has 2 atom stereocenters. The standard InChI is InChI=1S/C18H22N6O2/c1-11-5-7-24(18(25)14-8-22-26-12(14)2)9-15(11)23(3)17-13-4-6-19-16(13)20-10-21-17/h4,6,8,10-11,15H,5,7,9H2,1-3H3,(H,19,20,21)/t11-,15+/m1/s1. The molecule has 1 N–H and O–H groups in total. The molecule has 3 aromatic rings. The Kier molecular flexibility index (Phi) is 4.10. The lowest BCUT2D eigenvalue weighted by molar-refractivity contribution is 0.0668. The molecule has 0 radical (unpaired) electrons. The highest BCUT2D eigenvalue weighted by Crippen LogP contribution is 2.29. The second kappa shape index (κ2) is 6.44. The van der Waals surface area contributed by atoms with Gasteiger partial charge in [0.15, 0.2) is 0 Å². The van der Waals surface area contributed by atoms with Crippen molar-refractivity contribution in [2.24, 2.45) is 5.92 Å². The summed E-state index contributed by atoms with van der Waals surface area (Å²) in [4.78, 5) is 28.8. The lowest BCUT2D eigenvalue weighted by Crippen LogP contribution is -2.52. The lowest BCUT2D eigenvalue weighted by atomic mass is 9.92. The van der Waals surface area contributed by atoms with E-state index in [1.807, 2.05) is 24.2 Å². The van der Waals surface area contributed by atoms with Gasteiger partial charge in [-0.2, -0.15) is 0 Å². The second-order valence-electron chi connectivity index (χ2n) is 6.93. The summed E-state index contributed by atoms with van der Waals surface area (Å²) < 4.78 is 5.05. The number of nitrogens with one attached hydrogen (secondary N) is 1. The van der Waals surface area contributed by atoms with Crippen molar-refractivity contribution < 1.29 is 9.32 Å². The number of hydrogen-bond donors (Lipinski definition) is 1. The number of aromatic amines is 1. The van der Waals surface area contributed by atoms with Crippen molar-refractivity contribution in [3.8, 4) is 0 Å². The number of H-pyrrole nitrogens is 1. The van der Waals surface area contributed by atoms with Crippen LogP contribution in [0.4, 0.5) is 5.82 Å². The zero-order valence-electron chi connectivity index (χ0n) is 15.1. The molecule has 1 fully saturated rings. The molecule has 0 aromatic carbocycles. The SMILES string of the molecule is Cc1oncc1C(=O)N1CC[C@@H](C)[C@@H](N(C)c2ncnc3[nH]ccc23)C1. The molecule has 0 unspecified atom stereocenters. The summed E-state index contributed by atoms with van der Waals surface area (Å²) in [7, 11) is 2.04. The van der Waals surface area contributed by atoms with Gasteiger partial charge in [-0.15, -0.1) is 0 Å². The average Bonchev–Trinajstić information content (AvgIpc) is 3.29. The molecule has 26 heavy (non-hydrogen) atoms. The highest BCUT2D eigenvalue weighted by Gasteiger charge is 2.34. The van der Waals surface area contributed by atoms with Crippen LogP contribution in [0.5, 0.6) is 0 Å². The summed E-state index contributed by atoms with van der Waals surface area (Å²) in [6.45, 7) is 5.36. The molecule has 8 heteroatoms. The molecule has 3 aromatic heterocycles. The summed E-state index contributed by atoms with van der Waals surface area (Å²) in [5.41, 5.74) is 1.36. The molecule has 0 bridgehead atoms. The Bertz CT molecular complexity index is 933. The van der Waals surface area contributed by atoms with Gasteiger partial charge in [-0.25, -0.2) is 9.97 Å². The van der Waals surface area contributed by atoms with Crippen LogP contribution in [-0.2, 0) is 0 Å². The number of nitrogens with zero attached hydrogens (tertiary/aromatic N) is 5. The van der Waals surface area contributed by atoms with Crippen LogP contribution in [0.1, 0.15) is 29.5 Å². The predicted octanol–water partition coefficient (Wildman–Crippen LogP) is 2.24. The van der Waals surface area contributed by atoms with E-state index in [0.29, 0.717) is 23.8 Å². The highest BCUT2D eigenvalue weighted by molar-refractivity contribution is 5.95. The monoisotopic (exact) mass is 354 g/mol. The number of carbonyl (C=O) groups is 1.